The first kappa shape index (κ1) is 36.6. The van der Waals surface area contributed by atoms with E-state index in [9.17, 15) is 5.11 Å². The molecule has 260 valence electrons. The van der Waals surface area contributed by atoms with Crippen molar-refractivity contribution >= 4 is 38.1 Å². The second-order valence-electron chi connectivity index (χ2n) is 16.5. The molecule has 2 heterocycles. The van der Waals surface area contributed by atoms with Gasteiger partial charge in [0, 0.05) is 21.7 Å². The Kier molecular flexibility index (Phi) is 10.9. The van der Waals surface area contributed by atoms with Gasteiger partial charge in [-0.3, -0.25) is 4.90 Å². The fraction of sp³-hybridized carbons (Fsp3) is 0.500. The summed E-state index contributed by atoms with van der Waals surface area (Å²) in [6, 6.07) is 22.8. The van der Waals surface area contributed by atoms with E-state index in [-0.39, 0.29) is 10.1 Å². The van der Waals surface area contributed by atoms with Gasteiger partial charge < -0.3 is 18.7 Å². The number of aliphatic hydroxyl groups is 1. The molecule has 5 nitrogen and oxygen atoms in total. The summed E-state index contributed by atoms with van der Waals surface area (Å²) in [5.74, 6) is 2.63. The first-order valence-electron chi connectivity index (χ1n) is 17.6. The van der Waals surface area contributed by atoms with Gasteiger partial charge in [0.2, 0.25) is 16.6 Å². The van der Waals surface area contributed by atoms with Gasteiger partial charge in [-0.05, 0) is 133 Å². The van der Waals surface area contributed by atoms with Crippen LogP contribution in [0.3, 0.4) is 0 Å². The van der Waals surface area contributed by atoms with E-state index in [1.54, 1.807) is 11.3 Å². The number of piperidine rings is 1. The average Bonchev–Trinajstić information content (AvgIpc) is 3.39. The Balaban J connectivity index is 1.45. The van der Waals surface area contributed by atoms with Gasteiger partial charge in [-0.1, -0.05) is 60.1 Å². The van der Waals surface area contributed by atoms with Crippen LogP contribution < -0.4 is 13.6 Å². The van der Waals surface area contributed by atoms with Crippen LogP contribution in [0.1, 0.15) is 78.0 Å². The predicted molar refractivity (Wildman–Crippen MR) is 209 cm³/mol. The van der Waals surface area contributed by atoms with Crippen LogP contribution in [0.2, 0.25) is 36.3 Å². The summed E-state index contributed by atoms with van der Waals surface area (Å²) in [5.41, 5.74) is 2.84. The number of aliphatic hydroxyl groups excluding tert-OH is 1. The van der Waals surface area contributed by atoms with E-state index >= 15 is 0 Å². The zero-order chi connectivity index (χ0) is 34.9. The number of hydrogen-bond acceptors (Lipinski definition) is 6. The fourth-order valence-corrected chi connectivity index (χ4v) is 8.93. The van der Waals surface area contributed by atoms with Crippen LogP contribution in [0.25, 0.3) is 20.5 Å². The lowest BCUT2D eigenvalue weighted by Crippen LogP contribution is -2.43. The van der Waals surface area contributed by atoms with Crippen LogP contribution in [0.15, 0.2) is 66.7 Å². The van der Waals surface area contributed by atoms with Gasteiger partial charge in [-0.25, -0.2) is 0 Å². The Morgan fingerprint density at radius 3 is 1.85 bits per heavy atom. The Bertz CT molecular complexity index is 1660. The standard InChI is InChI=1S/C40H57NO4SSi2/c1-39(2,3)47(7,8)44-32-20-16-30(17-21-32)38-36(34-23-22-33(28-35(34)46-38)45-48(9,10)40(4,5)6)37(42)29-14-18-31(19-15-29)43-27-26-41-24-12-11-13-25-41/h14-23,28,37,42H,11-13,24-27H2,1-10H3. The Labute approximate surface area is 295 Å². The zero-order valence-electron chi connectivity index (χ0n) is 30.9. The number of thiophene rings is 1. The van der Waals surface area contributed by atoms with E-state index in [1.165, 1.54) is 32.4 Å². The lowest BCUT2D eigenvalue weighted by Gasteiger charge is -2.36. The molecule has 3 aromatic carbocycles. The van der Waals surface area contributed by atoms with Gasteiger partial charge >= 0.3 is 0 Å². The largest absolute Gasteiger partial charge is 0.544 e. The summed E-state index contributed by atoms with van der Waals surface area (Å²) in [4.78, 5) is 3.54. The minimum Gasteiger partial charge on any atom is -0.544 e. The second kappa shape index (κ2) is 14.3. The van der Waals surface area contributed by atoms with Crippen molar-refractivity contribution in [2.45, 2.75) is 103 Å². The first-order chi connectivity index (χ1) is 22.4. The van der Waals surface area contributed by atoms with Gasteiger partial charge in [-0.2, -0.15) is 0 Å². The molecule has 1 unspecified atom stereocenters. The Morgan fingerprint density at radius 1 is 0.729 bits per heavy atom. The molecule has 48 heavy (non-hydrogen) atoms. The normalized spacial score (nSPS) is 15.8. The summed E-state index contributed by atoms with van der Waals surface area (Å²) in [6.07, 6.45) is 3.11. The van der Waals surface area contributed by atoms with Crippen molar-refractivity contribution in [3.8, 4) is 27.7 Å². The molecule has 1 saturated heterocycles. The molecule has 0 amide bonds. The third-order valence-corrected chi connectivity index (χ3v) is 20.7. The monoisotopic (exact) mass is 703 g/mol. The summed E-state index contributed by atoms with van der Waals surface area (Å²) < 4.78 is 20.5. The minimum absolute atomic E-state index is 0.0988. The van der Waals surface area contributed by atoms with Crippen LogP contribution in [-0.4, -0.2) is 52.9 Å². The molecular formula is C40H57NO4SSi2. The molecule has 0 bridgehead atoms. The molecule has 1 atom stereocenters. The molecule has 1 aliphatic heterocycles. The molecule has 4 aromatic rings. The maximum Gasteiger partial charge on any atom is 0.250 e. The topological polar surface area (TPSA) is 51.2 Å². The summed E-state index contributed by atoms with van der Waals surface area (Å²) in [7, 11) is -3.98. The predicted octanol–water partition coefficient (Wildman–Crippen LogP) is 11.3. The second-order valence-corrected chi connectivity index (χ2v) is 27.0. The maximum absolute atomic E-state index is 12.0. The number of benzene rings is 3. The van der Waals surface area contributed by atoms with Gasteiger partial charge in [0.15, 0.2) is 0 Å². The van der Waals surface area contributed by atoms with E-state index in [4.69, 9.17) is 13.6 Å². The van der Waals surface area contributed by atoms with Gasteiger partial charge in [0.1, 0.15) is 30.0 Å². The molecule has 1 aliphatic rings. The van der Waals surface area contributed by atoms with Crippen LogP contribution in [0, 0.1) is 0 Å². The highest BCUT2D eigenvalue weighted by atomic mass is 32.1. The van der Waals surface area contributed by atoms with Crippen LogP contribution >= 0.6 is 11.3 Å². The maximum atomic E-state index is 12.0. The fourth-order valence-electron chi connectivity index (χ4n) is 5.60. The summed E-state index contributed by atoms with van der Waals surface area (Å²) >= 11 is 1.71. The van der Waals surface area contributed by atoms with Gasteiger partial charge in [-0.15, -0.1) is 11.3 Å². The number of fused-ring (bicyclic) bond motifs is 1. The lowest BCUT2D eigenvalue weighted by molar-refractivity contribution is 0.183. The third-order valence-electron chi connectivity index (χ3n) is 10.8. The van der Waals surface area contributed by atoms with Crippen LogP contribution in [-0.2, 0) is 0 Å². The highest BCUT2D eigenvalue weighted by molar-refractivity contribution is 7.22. The SMILES string of the molecule is CC(C)(C)[Si](C)(C)Oc1ccc(-c2sc3cc(O[Si](C)(C)C(C)(C)C)ccc3c2C(O)c2ccc(OCCN3CCCCC3)cc2)cc1. The quantitative estimate of drug-likeness (QED) is 0.158. The zero-order valence-corrected chi connectivity index (χ0v) is 33.7. The van der Waals surface area contributed by atoms with E-state index in [0.29, 0.717) is 6.61 Å². The van der Waals surface area contributed by atoms with Gasteiger partial charge in [0.25, 0.3) is 0 Å². The van der Waals surface area contributed by atoms with Crippen molar-refractivity contribution in [1.29, 1.82) is 0 Å². The highest BCUT2D eigenvalue weighted by Crippen LogP contribution is 2.46. The Morgan fingerprint density at radius 2 is 1.27 bits per heavy atom. The van der Waals surface area contributed by atoms with E-state index in [2.05, 4.69) is 115 Å². The average molecular weight is 704 g/mol. The highest BCUT2D eigenvalue weighted by Gasteiger charge is 2.40. The number of ether oxygens (including phenoxy) is 1. The minimum atomic E-state index is -2.01. The molecule has 5 rings (SSSR count). The number of nitrogens with zero attached hydrogens (tertiary/aromatic N) is 1. The molecule has 1 N–H and O–H groups in total. The molecule has 1 aromatic heterocycles. The van der Waals surface area contributed by atoms with Crippen molar-refractivity contribution < 1.29 is 18.7 Å². The summed E-state index contributed by atoms with van der Waals surface area (Å²) in [6.45, 7) is 26.6. The smallest absolute Gasteiger partial charge is 0.250 e. The van der Waals surface area contributed by atoms with E-state index in [0.717, 1.165) is 55.4 Å². The van der Waals surface area contributed by atoms with Crippen molar-refractivity contribution in [2.24, 2.45) is 0 Å². The van der Waals surface area contributed by atoms with Gasteiger partial charge in [0.05, 0.1) is 0 Å². The van der Waals surface area contributed by atoms with E-state index < -0.39 is 22.7 Å². The molecule has 0 radical (unpaired) electrons. The first-order valence-corrected chi connectivity index (χ1v) is 24.3. The molecule has 0 saturated carbocycles. The molecule has 8 heteroatoms. The Hall–Kier alpha value is -2.63. The van der Waals surface area contributed by atoms with Crippen molar-refractivity contribution in [3.05, 3.63) is 77.9 Å². The van der Waals surface area contributed by atoms with Crippen molar-refractivity contribution in [3.63, 3.8) is 0 Å². The summed E-state index contributed by atoms with van der Waals surface area (Å²) in [5, 5.41) is 13.3. The van der Waals surface area contributed by atoms with E-state index in [1.807, 2.05) is 24.3 Å². The lowest BCUT2D eigenvalue weighted by atomic mass is 9.96. The number of likely N-dealkylation sites (tertiary alicyclic amines) is 1. The van der Waals surface area contributed by atoms with Crippen LogP contribution in [0.4, 0.5) is 0 Å². The molecule has 0 aliphatic carbocycles. The van der Waals surface area contributed by atoms with Crippen molar-refractivity contribution in [1.82, 2.24) is 4.90 Å². The molecular weight excluding hydrogens is 647 g/mol. The number of rotatable bonds is 11. The van der Waals surface area contributed by atoms with Crippen LogP contribution in [0.5, 0.6) is 17.2 Å². The van der Waals surface area contributed by atoms with Crippen molar-refractivity contribution in [2.75, 3.05) is 26.2 Å². The third kappa shape index (κ3) is 8.39. The molecule has 0 spiro atoms. The molecule has 1 fully saturated rings. The number of hydrogen-bond donors (Lipinski definition) is 1.